The molecule has 1 aromatic carbocycles. The van der Waals surface area contributed by atoms with E-state index in [-0.39, 0.29) is 19.0 Å². The number of aliphatic hydroxyl groups excluding tert-OH is 1. The van der Waals surface area contributed by atoms with Gasteiger partial charge in [0.2, 0.25) is 0 Å². The molecule has 1 N–H and O–H groups in total. The smallest absolute Gasteiger partial charge is 0.129 e. The number of methoxy groups -OCH3 is 1. The van der Waals surface area contributed by atoms with Crippen molar-refractivity contribution in [2.75, 3.05) is 40.1 Å². The van der Waals surface area contributed by atoms with Crippen LogP contribution < -0.4 is 0 Å². The molecule has 0 spiro atoms. The number of halogens is 1. The zero-order chi connectivity index (χ0) is 15.3. The molecule has 116 valence electrons. The van der Waals surface area contributed by atoms with Gasteiger partial charge >= 0.3 is 0 Å². The van der Waals surface area contributed by atoms with E-state index in [1.807, 2.05) is 0 Å². The van der Waals surface area contributed by atoms with Crippen molar-refractivity contribution >= 4 is 0 Å². The molecule has 0 bridgehead atoms. The second-order valence-electron chi connectivity index (χ2n) is 4.24. The van der Waals surface area contributed by atoms with Crippen LogP contribution in [0.3, 0.4) is 0 Å². The monoisotopic (exact) mass is 296 g/mol. The summed E-state index contributed by atoms with van der Waals surface area (Å²) in [6.07, 6.45) is 0.384. The molecule has 0 fully saturated rings. The fraction of sp³-hybridized carbons (Fsp3) is 0.500. The van der Waals surface area contributed by atoms with Crippen LogP contribution in [-0.4, -0.2) is 45.3 Å². The van der Waals surface area contributed by atoms with Gasteiger partial charge in [-0.05, 0) is 12.1 Å². The molecular weight excluding hydrogens is 275 g/mol. The standard InChI is InChI=1S/C16H21FO4/c1-19-8-9-20-10-11-21-13-15-6-5-14(12-16(15)17)4-2-3-7-18/h5-6,12,18H,3,7-11,13H2,1H3. The van der Waals surface area contributed by atoms with Crippen LogP contribution in [0.4, 0.5) is 4.39 Å². The first-order valence-electron chi connectivity index (χ1n) is 6.80. The second kappa shape index (κ2) is 11.2. The fourth-order valence-corrected chi connectivity index (χ4v) is 1.51. The highest BCUT2D eigenvalue weighted by Gasteiger charge is 2.03. The van der Waals surface area contributed by atoms with Gasteiger partial charge in [0.25, 0.3) is 0 Å². The van der Waals surface area contributed by atoms with Crippen LogP contribution in [0.15, 0.2) is 18.2 Å². The van der Waals surface area contributed by atoms with E-state index in [2.05, 4.69) is 11.8 Å². The summed E-state index contributed by atoms with van der Waals surface area (Å²) in [5, 5.41) is 8.62. The van der Waals surface area contributed by atoms with E-state index < -0.39 is 0 Å². The molecule has 0 radical (unpaired) electrons. The van der Waals surface area contributed by atoms with Crippen LogP contribution in [0.25, 0.3) is 0 Å². The summed E-state index contributed by atoms with van der Waals surface area (Å²) < 4.78 is 29.2. The van der Waals surface area contributed by atoms with Crippen molar-refractivity contribution in [3.05, 3.63) is 35.1 Å². The SMILES string of the molecule is COCCOCCOCc1ccc(C#CCCO)cc1F. The largest absolute Gasteiger partial charge is 0.395 e. The average molecular weight is 296 g/mol. The highest BCUT2D eigenvalue weighted by molar-refractivity contribution is 5.36. The normalized spacial score (nSPS) is 10.2. The molecule has 0 saturated carbocycles. The molecule has 4 nitrogen and oxygen atoms in total. The molecule has 5 heteroatoms. The van der Waals surface area contributed by atoms with Crippen molar-refractivity contribution < 1.29 is 23.7 Å². The molecule has 0 aliphatic carbocycles. The third kappa shape index (κ3) is 7.78. The van der Waals surface area contributed by atoms with Crippen LogP contribution in [0.5, 0.6) is 0 Å². The van der Waals surface area contributed by atoms with E-state index >= 15 is 0 Å². The maximum absolute atomic E-state index is 13.8. The lowest BCUT2D eigenvalue weighted by Crippen LogP contribution is -2.08. The molecule has 0 atom stereocenters. The highest BCUT2D eigenvalue weighted by atomic mass is 19.1. The Morgan fingerprint density at radius 1 is 1.14 bits per heavy atom. The first kappa shape index (κ1) is 17.6. The average Bonchev–Trinajstić information content (AvgIpc) is 2.48. The van der Waals surface area contributed by atoms with Crippen molar-refractivity contribution in [1.29, 1.82) is 0 Å². The lowest BCUT2D eigenvalue weighted by atomic mass is 10.1. The minimum Gasteiger partial charge on any atom is -0.395 e. The summed E-state index contributed by atoms with van der Waals surface area (Å²) >= 11 is 0. The topological polar surface area (TPSA) is 47.9 Å². The first-order chi connectivity index (χ1) is 10.3. The van der Waals surface area contributed by atoms with Gasteiger partial charge in [0.05, 0.1) is 39.6 Å². The van der Waals surface area contributed by atoms with E-state index in [1.165, 1.54) is 6.07 Å². The zero-order valence-corrected chi connectivity index (χ0v) is 12.2. The third-order valence-electron chi connectivity index (χ3n) is 2.58. The van der Waals surface area contributed by atoms with Crippen LogP contribution in [0, 0.1) is 17.7 Å². The molecule has 1 rings (SSSR count). The summed E-state index contributed by atoms with van der Waals surface area (Å²) in [6, 6.07) is 4.77. The highest BCUT2D eigenvalue weighted by Crippen LogP contribution is 2.11. The van der Waals surface area contributed by atoms with E-state index in [0.717, 1.165) is 0 Å². The van der Waals surface area contributed by atoms with Crippen molar-refractivity contribution in [2.24, 2.45) is 0 Å². The minimum atomic E-state index is -0.342. The maximum atomic E-state index is 13.8. The van der Waals surface area contributed by atoms with Gasteiger partial charge < -0.3 is 19.3 Å². The van der Waals surface area contributed by atoms with E-state index in [9.17, 15) is 4.39 Å². The van der Waals surface area contributed by atoms with Gasteiger partial charge in [0.1, 0.15) is 5.82 Å². The van der Waals surface area contributed by atoms with Gasteiger partial charge in [0.15, 0.2) is 0 Å². The van der Waals surface area contributed by atoms with E-state index in [1.54, 1.807) is 19.2 Å². The Kier molecular flexibility index (Phi) is 9.42. The molecule has 0 aliphatic heterocycles. The Balaban J connectivity index is 2.31. The number of benzene rings is 1. The first-order valence-corrected chi connectivity index (χ1v) is 6.80. The molecule has 0 aromatic heterocycles. The van der Waals surface area contributed by atoms with Crippen LogP contribution in [0.1, 0.15) is 17.5 Å². The summed E-state index contributed by atoms with van der Waals surface area (Å²) in [5.41, 5.74) is 1.08. The molecular formula is C16H21FO4. The number of ether oxygens (including phenoxy) is 3. The van der Waals surface area contributed by atoms with Gasteiger partial charge in [-0.2, -0.15) is 0 Å². The molecule has 0 aliphatic rings. The summed E-state index contributed by atoms with van der Waals surface area (Å²) in [6.45, 7) is 2.14. The quantitative estimate of drug-likeness (QED) is 0.557. The van der Waals surface area contributed by atoms with Crippen molar-refractivity contribution in [1.82, 2.24) is 0 Å². The Hall–Kier alpha value is -1.45. The second-order valence-corrected chi connectivity index (χ2v) is 4.24. The van der Waals surface area contributed by atoms with E-state index in [0.29, 0.717) is 44.0 Å². The molecule has 1 aromatic rings. The van der Waals surface area contributed by atoms with Gasteiger partial charge in [-0.25, -0.2) is 4.39 Å². The number of hydrogen-bond donors (Lipinski definition) is 1. The van der Waals surface area contributed by atoms with Crippen molar-refractivity contribution in [3.8, 4) is 11.8 Å². The van der Waals surface area contributed by atoms with Crippen LogP contribution in [-0.2, 0) is 20.8 Å². The predicted molar refractivity (Wildman–Crippen MR) is 77.3 cm³/mol. The third-order valence-corrected chi connectivity index (χ3v) is 2.58. The maximum Gasteiger partial charge on any atom is 0.129 e. The Bertz CT molecular complexity index is 465. The van der Waals surface area contributed by atoms with Gasteiger partial charge in [-0.1, -0.05) is 17.9 Å². The molecule has 0 saturated heterocycles. The zero-order valence-electron chi connectivity index (χ0n) is 12.2. The lowest BCUT2D eigenvalue weighted by molar-refractivity contribution is 0.0194. The number of hydrogen-bond acceptors (Lipinski definition) is 4. The number of aliphatic hydroxyl groups is 1. The fourth-order valence-electron chi connectivity index (χ4n) is 1.51. The Morgan fingerprint density at radius 3 is 2.62 bits per heavy atom. The van der Waals surface area contributed by atoms with E-state index in [4.69, 9.17) is 19.3 Å². The number of rotatable bonds is 9. The van der Waals surface area contributed by atoms with Gasteiger partial charge in [0, 0.05) is 24.7 Å². The molecule has 0 unspecified atom stereocenters. The van der Waals surface area contributed by atoms with Crippen molar-refractivity contribution in [2.45, 2.75) is 13.0 Å². The molecule has 0 amide bonds. The predicted octanol–water partition coefficient (Wildman–Crippen LogP) is 1.74. The van der Waals surface area contributed by atoms with Crippen molar-refractivity contribution in [3.63, 3.8) is 0 Å². The summed E-state index contributed by atoms with van der Waals surface area (Å²) in [4.78, 5) is 0. The summed E-state index contributed by atoms with van der Waals surface area (Å²) in [7, 11) is 1.61. The molecule has 0 heterocycles. The minimum absolute atomic E-state index is 0.00780. The van der Waals surface area contributed by atoms with Gasteiger partial charge in [-0.3, -0.25) is 0 Å². The Morgan fingerprint density at radius 2 is 1.90 bits per heavy atom. The van der Waals surface area contributed by atoms with Crippen LogP contribution in [0.2, 0.25) is 0 Å². The Labute approximate surface area is 124 Å². The van der Waals surface area contributed by atoms with Crippen LogP contribution >= 0.6 is 0 Å². The summed E-state index contributed by atoms with van der Waals surface area (Å²) in [5.74, 6) is 5.20. The lowest BCUT2D eigenvalue weighted by Gasteiger charge is -2.06. The molecule has 21 heavy (non-hydrogen) atoms. The van der Waals surface area contributed by atoms with Gasteiger partial charge in [-0.15, -0.1) is 0 Å².